The second kappa shape index (κ2) is 4.88. The molecule has 0 fully saturated rings. The number of fused-ring (bicyclic) bond motifs is 1. The lowest BCUT2D eigenvalue weighted by Gasteiger charge is -2.38. The van der Waals surface area contributed by atoms with E-state index >= 15 is 0 Å². The van der Waals surface area contributed by atoms with E-state index in [0.717, 1.165) is 16.8 Å². The van der Waals surface area contributed by atoms with Gasteiger partial charge < -0.3 is 4.74 Å². The first-order chi connectivity index (χ1) is 9.87. The Balaban J connectivity index is 2.04. The summed E-state index contributed by atoms with van der Waals surface area (Å²) >= 11 is 0. The van der Waals surface area contributed by atoms with Gasteiger partial charge in [-0.05, 0) is 50.5 Å². The van der Waals surface area contributed by atoms with Crippen LogP contribution in [0.1, 0.15) is 27.8 Å². The lowest BCUT2D eigenvalue weighted by atomic mass is 10.0. The summed E-state index contributed by atoms with van der Waals surface area (Å²) in [5.74, 6) is 1.08. The highest BCUT2D eigenvalue weighted by Gasteiger charge is 2.33. The topological polar surface area (TPSA) is 9.23 Å². The van der Waals surface area contributed by atoms with Crippen molar-refractivity contribution in [2.75, 3.05) is 13.8 Å². The molecule has 1 aliphatic rings. The average Bonchev–Trinajstić information content (AvgIpc) is 2.36. The van der Waals surface area contributed by atoms with Crippen LogP contribution in [0, 0.1) is 27.7 Å². The van der Waals surface area contributed by atoms with Gasteiger partial charge in [0, 0.05) is 17.7 Å². The van der Waals surface area contributed by atoms with Gasteiger partial charge in [-0.2, -0.15) is 0 Å². The molecule has 2 aromatic carbocycles. The largest absolute Gasteiger partial charge is 0.444 e. The maximum Gasteiger partial charge on any atom is 0.228 e. The molecule has 0 saturated heterocycles. The monoisotopic (exact) mass is 282 g/mol. The van der Waals surface area contributed by atoms with Crippen LogP contribution in [-0.2, 0) is 6.54 Å². The second-order valence-corrected chi connectivity index (χ2v) is 6.74. The van der Waals surface area contributed by atoms with Crippen molar-refractivity contribution in [2.24, 2.45) is 0 Å². The van der Waals surface area contributed by atoms with Crippen LogP contribution >= 0.6 is 0 Å². The molecule has 0 radical (unpaired) electrons. The Morgan fingerprint density at radius 1 is 0.857 bits per heavy atom. The Hall–Kier alpha value is -1.80. The van der Waals surface area contributed by atoms with Gasteiger partial charge >= 0.3 is 0 Å². The smallest absolute Gasteiger partial charge is 0.228 e. The van der Waals surface area contributed by atoms with Crippen LogP contribution in [-0.4, -0.2) is 13.8 Å². The summed E-state index contributed by atoms with van der Waals surface area (Å²) in [6.07, 6.45) is 0. The molecule has 21 heavy (non-hydrogen) atoms. The molecule has 0 amide bonds. The predicted octanol–water partition coefficient (Wildman–Crippen LogP) is 4.41. The Bertz CT molecular complexity index is 685. The highest BCUT2D eigenvalue weighted by Crippen LogP contribution is 2.36. The molecule has 1 atom stereocenters. The zero-order valence-electron chi connectivity index (χ0n) is 13.7. The maximum atomic E-state index is 6.13. The summed E-state index contributed by atoms with van der Waals surface area (Å²) in [6.45, 7) is 10.3. The summed E-state index contributed by atoms with van der Waals surface area (Å²) in [5.41, 5.74) is 7.84. The molecule has 0 N–H and O–H groups in total. The number of rotatable bonds is 1. The third kappa shape index (κ3) is 2.56. The number of hydrogen-bond acceptors (Lipinski definition) is 1. The molecule has 2 heteroatoms. The minimum absolute atomic E-state index is 0.694. The van der Waals surface area contributed by atoms with Gasteiger partial charge in [0.25, 0.3) is 0 Å². The van der Waals surface area contributed by atoms with Crippen molar-refractivity contribution in [3.63, 3.8) is 0 Å². The molecule has 0 saturated carbocycles. The van der Waals surface area contributed by atoms with Gasteiger partial charge in [0.1, 0.15) is 18.0 Å². The molecule has 2 aromatic rings. The Morgan fingerprint density at radius 2 is 1.48 bits per heavy atom. The highest BCUT2D eigenvalue weighted by molar-refractivity contribution is 5.52. The van der Waals surface area contributed by atoms with Crippen molar-refractivity contribution in [1.82, 2.24) is 4.48 Å². The van der Waals surface area contributed by atoms with Crippen molar-refractivity contribution >= 4 is 5.69 Å². The molecule has 3 rings (SSSR count). The van der Waals surface area contributed by atoms with Gasteiger partial charge in [-0.1, -0.05) is 17.7 Å². The van der Waals surface area contributed by atoms with Crippen LogP contribution in [0.4, 0.5) is 5.69 Å². The van der Waals surface area contributed by atoms with Gasteiger partial charge in [-0.3, -0.25) is 4.48 Å². The Morgan fingerprint density at radius 3 is 2.14 bits per heavy atom. The standard InChI is InChI=1S/C19H24NO/c1-13-6-14(2)10-18(9-13)20(5)11-17-8-15(3)7-16(4)19(17)21-12-20/h6-10H,11-12H2,1-5H3/q+1. The molecule has 110 valence electrons. The fourth-order valence-electron chi connectivity index (χ4n) is 3.42. The molecule has 0 aliphatic carbocycles. The van der Waals surface area contributed by atoms with Gasteiger partial charge in [0.05, 0.1) is 7.05 Å². The number of hydrogen-bond donors (Lipinski definition) is 0. The van der Waals surface area contributed by atoms with E-state index in [0.29, 0.717) is 6.73 Å². The van der Waals surface area contributed by atoms with Crippen molar-refractivity contribution in [1.29, 1.82) is 0 Å². The minimum atomic E-state index is 0.694. The number of ether oxygens (including phenoxy) is 1. The molecule has 0 aromatic heterocycles. The number of quaternary nitrogens is 1. The van der Waals surface area contributed by atoms with Crippen molar-refractivity contribution in [3.05, 3.63) is 58.1 Å². The zero-order chi connectivity index (χ0) is 15.2. The number of benzene rings is 2. The van der Waals surface area contributed by atoms with Crippen LogP contribution < -0.4 is 9.22 Å². The lowest BCUT2D eigenvalue weighted by molar-refractivity contribution is 0.123. The van der Waals surface area contributed by atoms with E-state index in [2.05, 4.69) is 65.1 Å². The van der Waals surface area contributed by atoms with Crippen molar-refractivity contribution in [3.8, 4) is 5.75 Å². The van der Waals surface area contributed by atoms with E-state index in [1.807, 2.05) is 0 Å². The van der Waals surface area contributed by atoms with Gasteiger partial charge in [-0.15, -0.1) is 0 Å². The van der Waals surface area contributed by atoms with Crippen molar-refractivity contribution in [2.45, 2.75) is 34.2 Å². The van der Waals surface area contributed by atoms with Crippen molar-refractivity contribution < 1.29 is 4.74 Å². The van der Waals surface area contributed by atoms with E-state index in [1.165, 1.54) is 33.5 Å². The SMILES string of the molecule is Cc1cc(C)cc([N+]2(C)COc3c(C)cc(C)cc3C2)c1. The lowest BCUT2D eigenvalue weighted by Crippen LogP contribution is -2.50. The molecular formula is C19H24NO+. The van der Waals surface area contributed by atoms with Crippen LogP contribution in [0.25, 0.3) is 0 Å². The van der Waals surface area contributed by atoms with E-state index in [-0.39, 0.29) is 0 Å². The molecule has 0 bridgehead atoms. The van der Waals surface area contributed by atoms with Gasteiger partial charge in [0.2, 0.25) is 6.73 Å². The quantitative estimate of drug-likeness (QED) is 0.704. The van der Waals surface area contributed by atoms with E-state index in [9.17, 15) is 0 Å². The van der Waals surface area contributed by atoms with E-state index in [4.69, 9.17) is 4.74 Å². The first-order valence-electron chi connectivity index (χ1n) is 7.54. The third-order valence-electron chi connectivity index (χ3n) is 4.34. The normalized spacial score (nSPS) is 20.8. The van der Waals surface area contributed by atoms with Crippen LogP contribution in [0.3, 0.4) is 0 Å². The maximum absolute atomic E-state index is 6.13. The zero-order valence-corrected chi connectivity index (χ0v) is 13.7. The van der Waals surface area contributed by atoms with Crippen LogP contribution in [0.15, 0.2) is 30.3 Å². The molecule has 2 nitrogen and oxygen atoms in total. The number of aryl methyl sites for hydroxylation is 4. The Labute approximate surface area is 127 Å². The third-order valence-corrected chi connectivity index (χ3v) is 4.34. The average molecular weight is 282 g/mol. The fourth-order valence-corrected chi connectivity index (χ4v) is 3.42. The molecule has 1 heterocycles. The summed E-state index contributed by atoms with van der Waals surface area (Å²) in [6, 6.07) is 11.3. The Kier molecular flexibility index (Phi) is 3.29. The summed E-state index contributed by atoms with van der Waals surface area (Å²) in [5, 5.41) is 0. The first-order valence-corrected chi connectivity index (χ1v) is 7.54. The van der Waals surface area contributed by atoms with Gasteiger partial charge in [0.15, 0.2) is 0 Å². The summed E-state index contributed by atoms with van der Waals surface area (Å²) < 4.78 is 6.94. The van der Waals surface area contributed by atoms with Gasteiger partial charge in [-0.25, -0.2) is 0 Å². The minimum Gasteiger partial charge on any atom is -0.444 e. The van der Waals surface area contributed by atoms with E-state index < -0.39 is 0 Å². The second-order valence-electron chi connectivity index (χ2n) is 6.74. The molecule has 1 aliphatic heterocycles. The van der Waals surface area contributed by atoms with Crippen LogP contribution in [0.2, 0.25) is 0 Å². The highest BCUT2D eigenvalue weighted by atomic mass is 16.5. The van der Waals surface area contributed by atoms with Crippen LogP contribution in [0.5, 0.6) is 5.75 Å². The first kappa shape index (κ1) is 14.2. The predicted molar refractivity (Wildman–Crippen MR) is 88.7 cm³/mol. The summed E-state index contributed by atoms with van der Waals surface area (Å²) in [7, 11) is 2.26. The molecule has 0 spiro atoms. The number of nitrogens with zero attached hydrogens (tertiary/aromatic N) is 1. The fraction of sp³-hybridized carbons (Fsp3) is 0.368. The van der Waals surface area contributed by atoms with E-state index in [1.54, 1.807) is 0 Å². The molecule has 1 unspecified atom stereocenters. The molecular weight excluding hydrogens is 258 g/mol. The summed E-state index contributed by atoms with van der Waals surface area (Å²) in [4.78, 5) is 0.